The van der Waals surface area contributed by atoms with Gasteiger partial charge in [0.2, 0.25) is 5.91 Å². The van der Waals surface area contributed by atoms with E-state index in [9.17, 15) is 4.79 Å². The fraction of sp³-hybridized carbons (Fsp3) is 0.929. The molecule has 0 aromatic heterocycles. The maximum absolute atomic E-state index is 12.7. The van der Waals surface area contributed by atoms with Crippen LogP contribution in [0, 0.1) is 11.8 Å². The van der Waals surface area contributed by atoms with Crippen LogP contribution in [-0.4, -0.2) is 49.2 Å². The van der Waals surface area contributed by atoms with E-state index in [4.69, 9.17) is 4.74 Å². The Kier molecular flexibility index (Phi) is 4.28. The zero-order valence-corrected chi connectivity index (χ0v) is 12.0. The van der Waals surface area contributed by atoms with Crippen LogP contribution >= 0.6 is 0 Å². The molecule has 2 fully saturated rings. The van der Waals surface area contributed by atoms with Crippen LogP contribution in [-0.2, 0) is 9.53 Å². The van der Waals surface area contributed by atoms with E-state index in [0.717, 1.165) is 25.9 Å². The van der Waals surface area contributed by atoms with E-state index in [1.807, 2.05) is 14.0 Å². The first kappa shape index (κ1) is 13.8. The van der Waals surface area contributed by atoms with Crippen molar-refractivity contribution in [1.82, 2.24) is 10.2 Å². The minimum absolute atomic E-state index is 0.0393. The summed E-state index contributed by atoms with van der Waals surface area (Å²) in [5.74, 6) is 0.665. The van der Waals surface area contributed by atoms with Crippen LogP contribution in [0.1, 0.15) is 33.6 Å². The van der Waals surface area contributed by atoms with Crippen LogP contribution < -0.4 is 5.32 Å². The molecule has 2 rings (SSSR count). The zero-order chi connectivity index (χ0) is 13.3. The molecule has 0 bridgehead atoms. The Morgan fingerprint density at radius 2 is 2.06 bits per heavy atom. The predicted molar refractivity (Wildman–Crippen MR) is 71.3 cm³/mol. The van der Waals surface area contributed by atoms with E-state index in [-0.39, 0.29) is 18.1 Å². The Morgan fingerprint density at radius 1 is 1.33 bits per heavy atom. The second kappa shape index (κ2) is 5.57. The molecule has 4 heteroatoms. The van der Waals surface area contributed by atoms with E-state index in [1.54, 1.807) is 0 Å². The van der Waals surface area contributed by atoms with Gasteiger partial charge in [-0.15, -0.1) is 0 Å². The van der Waals surface area contributed by atoms with Crippen LogP contribution in [0.25, 0.3) is 0 Å². The van der Waals surface area contributed by atoms with Gasteiger partial charge in [0, 0.05) is 19.1 Å². The van der Waals surface area contributed by atoms with Crippen molar-refractivity contribution in [3.05, 3.63) is 0 Å². The number of likely N-dealkylation sites (tertiary alicyclic amines) is 1. The Balaban J connectivity index is 2.06. The normalized spacial score (nSPS) is 40.4. The standard InChI is InChI=1S/C14H26N2O2/c1-9-10(2)18-11(3)13(9)14(17)16-7-5-6-12(16)8-15-4/h9-13,15H,5-8H2,1-4H3. The van der Waals surface area contributed by atoms with Crippen molar-refractivity contribution in [1.29, 1.82) is 0 Å². The highest BCUT2D eigenvalue weighted by Gasteiger charge is 2.45. The lowest BCUT2D eigenvalue weighted by molar-refractivity contribution is -0.138. The molecule has 18 heavy (non-hydrogen) atoms. The summed E-state index contributed by atoms with van der Waals surface area (Å²) in [5.41, 5.74) is 0. The van der Waals surface area contributed by atoms with Crippen LogP contribution in [0.15, 0.2) is 0 Å². The molecule has 1 amide bonds. The van der Waals surface area contributed by atoms with Crippen molar-refractivity contribution in [3.63, 3.8) is 0 Å². The van der Waals surface area contributed by atoms with Crippen molar-refractivity contribution in [3.8, 4) is 0 Å². The lowest BCUT2D eigenvalue weighted by Gasteiger charge is -2.29. The summed E-state index contributed by atoms with van der Waals surface area (Å²) >= 11 is 0. The molecule has 2 aliphatic heterocycles. The van der Waals surface area contributed by atoms with E-state index in [2.05, 4.69) is 24.1 Å². The molecular weight excluding hydrogens is 228 g/mol. The third kappa shape index (κ3) is 2.41. The largest absolute Gasteiger partial charge is 0.374 e. The number of hydrogen-bond acceptors (Lipinski definition) is 3. The molecular formula is C14H26N2O2. The van der Waals surface area contributed by atoms with Crippen LogP contribution in [0.2, 0.25) is 0 Å². The molecule has 2 aliphatic rings. The maximum atomic E-state index is 12.7. The molecule has 5 atom stereocenters. The number of amides is 1. The number of carbonyl (C=O) groups is 1. The molecule has 0 aliphatic carbocycles. The second-order valence-corrected chi connectivity index (χ2v) is 5.82. The average molecular weight is 254 g/mol. The molecule has 5 unspecified atom stereocenters. The van der Waals surface area contributed by atoms with E-state index in [0.29, 0.717) is 17.9 Å². The van der Waals surface area contributed by atoms with Crippen molar-refractivity contribution >= 4 is 5.91 Å². The fourth-order valence-electron chi connectivity index (χ4n) is 3.46. The molecule has 104 valence electrons. The molecule has 1 N–H and O–H groups in total. The number of nitrogens with zero attached hydrogens (tertiary/aromatic N) is 1. The van der Waals surface area contributed by atoms with Gasteiger partial charge in [-0.2, -0.15) is 0 Å². The number of likely N-dealkylation sites (N-methyl/N-ethyl adjacent to an activating group) is 1. The molecule has 4 nitrogen and oxygen atoms in total. The summed E-state index contributed by atoms with van der Waals surface area (Å²) in [6.45, 7) is 8.06. The summed E-state index contributed by atoms with van der Waals surface area (Å²) in [4.78, 5) is 14.8. The molecule has 0 spiro atoms. The summed E-state index contributed by atoms with van der Waals surface area (Å²) < 4.78 is 5.80. The number of carbonyl (C=O) groups excluding carboxylic acids is 1. The number of hydrogen-bond donors (Lipinski definition) is 1. The van der Waals surface area contributed by atoms with Crippen molar-refractivity contribution in [2.24, 2.45) is 11.8 Å². The lowest BCUT2D eigenvalue weighted by atomic mass is 9.88. The third-order valence-electron chi connectivity index (χ3n) is 4.63. The number of rotatable bonds is 3. The van der Waals surface area contributed by atoms with Crippen molar-refractivity contribution in [2.75, 3.05) is 20.1 Å². The van der Waals surface area contributed by atoms with Crippen molar-refractivity contribution < 1.29 is 9.53 Å². The maximum Gasteiger partial charge on any atom is 0.228 e. The molecule has 0 aromatic carbocycles. The third-order valence-corrected chi connectivity index (χ3v) is 4.63. The highest BCUT2D eigenvalue weighted by molar-refractivity contribution is 5.80. The minimum atomic E-state index is 0.0393. The summed E-state index contributed by atoms with van der Waals surface area (Å²) in [6, 6.07) is 0.373. The van der Waals surface area contributed by atoms with Gasteiger partial charge in [-0.25, -0.2) is 0 Å². The van der Waals surface area contributed by atoms with Gasteiger partial charge < -0.3 is 15.0 Å². The molecule has 0 saturated carbocycles. The first-order chi connectivity index (χ1) is 8.56. The topological polar surface area (TPSA) is 41.6 Å². The Morgan fingerprint density at radius 3 is 2.61 bits per heavy atom. The molecule has 0 radical (unpaired) electrons. The monoisotopic (exact) mass is 254 g/mol. The van der Waals surface area contributed by atoms with Crippen LogP contribution in [0.4, 0.5) is 0 Å². The first-order valence-electron chi connectivity index (χ1n) is 7.16. The highest BCUT2D eigenvalue weighted by Crippen LogP contribution is 2.35. The van der Waals surface area contributed by atoms with E-state index in [1.165, 1.54) is 0 Å². The van der Waals surface area contributed by atoms with Crippen molar-refractivity contribution in [2.45, 2.75) is 51.9 Å². The van der Waals surface area contributed by atoms with E-state index >= 15 is 0 Å². The fourth-order valence-corrected chi connectivity index (χ4v) is 3.46. The van der Waals surface area contributed by atoms with Gasteiger partial charge in [0.05, 0.1) is 18.1 Å². The highest BCUT2D eigenvalue weighted by atomic mass is 16.5. The van der Waals surface area contributed by atoms with E-state index < -0.39 is 0 Å². The van der Waals surface area contributed by atoms with Gasteiger partial charge in [0.15, 0.2) is 0 Å². The van der Waals surface area contributed by atoms with Crippen LogP contribution in [0.5, 0.6) is 0 Å². The quantitative estimate of drug-likeness (QED) is 0.824. The minimum Gasteiger partial charge on any atom is -0.374 e. The SMILES string of the molecule is CNCC1CCCN1C(=O)C1C(C)OC(C)C1C. The predicted octanol–water partition coefficient (Wildman–Crippen LogP) is 1.26. The van der Waals surface area contributed by atoms with Gasteiger partial charge in [0.25, 0.3) is 0 Å². The summed E-state index contributed by atoms with van der Waals surface area (Å²) in [5, 5.41) is 3.19. The molecule has 2 heterocycles. The summed E-state index contributed by atoms with van der Waals surface area (Å²) in [7, 11) is 1.95. The van der Waals surface area contributed by atoms with Crippen LogP contribution in [0.3, 0.4) is 0 Å². The molecule has 2 saturated heterocycles. The smallest absolute Gasteiger partial charge is 0.228 e. The Labute approximate surface area is 110 Å². The number of nitrogens with one attached hydrogen (secondary N) is 1. The first-order valence-corrected chi connectivity index (χ1v) is 7.16. The lowest BCUT2D eigenvalue weighted by Crippen LogP contribution is -2.46. The Hall–Kier alpha value is -0.610. The summed E-state index contributed by atoms with van der Waals surface area (Å²) in [6.07, 6.45) is 2.50. The van der Waals surface area contributed by atoms with Gasteiger partial charge in [-0.3, -0.25) is 4.79 Å². The molecule has 0 aromatic rings. The van der Waals surface area contributed by atoms with Gasteiger partial charge in [-0.1, -0.05) is 6.92 Å². The number of ether oxygens (including phenoxy) is 1. The Bertz CT molecular complexity index is 308. The van der Waals surface area contributed by atoms with Gasteiger partial charge in [-0.05, 0) is 39.7 Å². The van der Waals surface area contributed by atoms with Gasteiger partial charge >= 0.3 is 0 Å². The average Bonchev–Trinajstić information content (AvgIpc) is 2.86. The zero-order valence-electron chi connectivity index (χ0n) is 12.0. The second-order valence-electron chi connectivity index (χ2n) is 5.82. The van der Waals surface area contributed by atoms with Gasteiger partial charge in [0.1, 0.15) is 0 Å².